The Labute approximate surface area is 164 Å². The van der Waals surface area contributed by atoms with Crippen molar-refractivity contribution in [3.05, 3.63) is 96.1 Å². The van der Waals surface area contributed by atoms with Gasteiger partial charge in [0.2, 0.25) is 0 Å². The zero-order chi connectivity index (χ0) is 19.3. The van der Waals surface area contributed by atoms with Crippen LogP contribution in [0.4, 0.5) is 0 Å². The highest BCUT2D eigenvalue weighted by atomic mass is 16.1. The molecule has 2 heteroatoms. The Morgan fingerprint density at radius 2 is 0.893 bits per heavy atom. The summed E-state index contributed by atoms with van der Waals surface area (Å²) in [5, 5.41) is 4.44. The van der Waals surface area contributed by atoms with Gasteiger partial charge in [-0.15, -0.1) is 0 Å². The molecule has 0 aromatic heterocycles. The van der Waals surface area contributed by atoms with Gasteiger partial charge < -0.3 is 0 Å². The second-order valence-electron chi connectivity index (χ2n) is 7.18. The minimum Gasteiger partial charge on any atom is -0.294 e. The zero-order valence-electron chi connectivity index (χ0n) is 15.7. The molecule has 138 valence electrons. The molecule has 0 N–H and O–H groups in total. The summed E-state index contributed by atoms with van der Waals surface area (Å²) >= 11 is 0. The monoisotopic (exact) mass is 366 g/mol. The largest absolute Gasteiger partial charge is 0.294 e. The van der Waals surface area contributed by atoms with E-state index in [1.807, 2.05) is 84.9 Å². The van der Waals surface area contributed by atoms with Crippen LogP contribution in [0.2, 0.25) is 0 Å². The average molecular weight is 366 g/mol. The second kappa shape index (κ2) is 8.18. The first kappa shape index (κ1) is 18.1. The number of hydrogen-bond acceptors (Lipinski definition) is 2. The Morgan fingerprint density at radius 1 is 0.500 bits per heavy atom. The molecule has 4 aromatic carbocycles. The summed E-state index contributed by atoms with van der Waals surface area (Å²) in [4.78, 5) is 24.9. The second-order valence-corrected chi connectivity index (χ2v) is 7.18. The smallest absolute Gasteiger partial charge is 0.162 e. The van der Waals surface area contributed by atoms with Crippen molar-refractivity contribution in [2.45, 2.75) is 25.7 Å². The van der Waals surface area contributed by atoms with Gasteiger partial charge in [0.1, 0.15) is 0 Å². The van der Waals surface area contributed by atoms with Crippen LogP contribution >= 0.6 is 0 Å². The van der Waals surface area contributed by atoms with E-state index in [9.17, 15) is 9.59 Å². The van der Waals surface area contributed by atoms with Crippen LogP contribution in [0.15, 0.2) is 84.9 Å². The molecule has 0 atom stereocenters. The van der Waals surface area contributed by atoms with Crippen molar-refractivity contribution in [3.63, 3.8) is 0 Å². The van der Waals surface area contributed by atoms with E-state index in [0.29, 0.717) is 12.8 Å². The number of Topliss-reactive ketones (excluding diaryl/α,β-unsaturated/α-hetero) is 2. The third-order valence-electron chi connectivity index (χ3n) is 5.20. The Hall–Kier alpha value is -3.26. The molecule has 0 aliphatic rings. The fraction of sp³-hybridized carbons (Fsp3) is 0.154. The summed E-state index contributed by atoms with van der Waals surface area (Å²) in [5.41, 5.74) is 1.50. The van der Waals surface area contributed by atoms with Crippen molar-refractivity contribution in [3.8, 4) is 0 Å². The Bertz CT molecular complexity index is 1060. The summed E-state index contributed by atoms with van der Waals surface area (Å²) in [6.45, 7) is 0. The highest BCUT2D eigenvalue weighted by Crippen LogP contribution is 2.19. The lowest BCUT2D eigenvalue weighted by Gasteiger charge is -2.05. The van der Waals surface area contributed by atoms with Crippen LogP contribution < -0.4 is 0 Å². The average Bonchev–Trinajstić information content (AvgIpc) is 2.75. The fourth-order valence-corrected chi connectivity index (χ4v) is 3.59. The normalized spacial score (nSPS) is 11.0. The highest BCUT2D eigenvalue weighted by Gasteiger charge is 2.09. The van der Waals surface area contributed by atoms with E-state index in [0.717, 1.165) is 45.5 Å². The van der Waals surface area contributed by atoms with Gasteiger partial charge in [-0.2, -0.15) is 0 Å². The maximum Gasteiger partial charge on any atom is 0.162 e. The van der Waals surface area contributed by atoms with Crippen LogP contribution in [0.5, 0.6) is 0 Å². The molecule has 0 amide bonds. The first-order valence-corrected chi connectivity index (χ1v) is 9.75. The summed E-state index contributed by atoms with van der Waals surface area (Å²) in [6.07, 6.45) is 2.41. The summed E-state index contributed by atoms with van der Waals surface area (Å²) in [6, 6.07) is 27.8. The van der Waals surface area contributed by atoms with Crippen LogP contribution in [0.25, 0.3) is 21.5 Å². The molecule has 0 bridgehead atoms. The Balaban J connectivity index is 1.31. The van der Waals surface area contributed by atoms with Gasteiger partial charge >= 0.3 is 0 Å². The zero-order valence-corrected chi connectivity index (χ0v) is 15.7. The lowest BCUT2D eigenvalue weighted by atomic mass is 9.98. The van der Waals surface area contributed by atoms with Crippen molar-refractivity contribution in [1.82, 2.24) is 0 Å². The van der Waals surface area contributed by atoms with Gasteiger partial charge in [-0.3, -0.25) is 9.59 Å². The predicted molar refractivity (Wildman–Crippen MR) is 115 cm³/mol. The number of unbranched alkanes of at least 4 members (excludes halogenated alkanes) is 1. The Morgan fingerprint density at radius 3 is 1.32 bits per heavy atom. The molecule has 0 spiro atoms. The molecule has 0 aliphatic carbocycles. The molecule has 0 fully saturated rings. The van der Waals surface area contributed by atoms with Crippen molar-refractivity contribution >= 4 is 33.1 Å². The lowest BCUT2D eigenvalue weighted by molar-refractivity contribution is 0.0955. The molecule has 28 heavy (non-hydrogen) atoms. The highest BCUT2D eigenvalue weighted by molar-refractivity contribution is 6.01. The standard InChI is InChI=1S/C26H22O2/c27-25(23-15-13-19-7-1-3-9-21(19)17-23)11-5-6-12-26(28)24-16-14-20-8-2-4-10-22(20)18-24/h1-4,7-10,13-18H,5-6,11-12H2. The number of hydrogen-bond donors (Lipinski definition) is 0. The molecule has 0 saturated heterocycles. The maximum absolute atomic E-state index is 12.5. The molecule has 0 aliphatic heterocycles. The SMILES string of the molecule is O=C(CCCCC(=O)c1ccc2ccccc2c1)c1ccc2ccccc2c1. The van der Waals surface area contributed by atoms with Crippen molar-refractivity contribution in [2.75, 3.05) is 0 Å². The van der Waals surface area contributed by atoms with Crippen LogP contribution in [0.3, 0.4) is 0 Å². The fourth-order valence-electron chi connectivity index (χ4n) is 3.59. The van der Waals surface area contributed by atoms with E-state index in [1.165, 1.54) is 0 Å². The van der Waals surface area contributed by atoms with Gasteiger partial charge in [-0.1, -0.05) is 72.8 Å². The van der Waals surface area contributed by atoms with E-state index < -0.39 is 0 Å². The molecule has 0 radical (unpaired) electrons. The van der Waals surface area contributed by atoms with E-state index in [-0.39, 0.29) is 11.6 Å². The number of ketones is 2. The van der Waals surface area contributed by atoms with Crippen LogP contribution in [-0.4, -0.2) is 11.6 Å². The summed E-state index contributed by atoms with van der Waals surface area (Å²) in [5.74, 6) is 0.285. The van der Waals surface area contributed by atoms with Gasteiger partial charge in [-0.05, 0) is 46.5 Å². The molecule has 4 aromatic rings. The molecule has 0 unspecified atom stereocenters. The van der Waals surface area contributed by atoms with E-state index in [2.05, 4.69) is 0 Å². The van der Waals surface area contributed by atoms with Crippen LogP contribution in [-0.2, 0) is 0 Å². The van der Waals surface area contributed by atoms with E-state index in [1.54, 1.807) is 0 Å². The molecular formula is C26H22O2. The molecule has 0 heterocycles. The molecular weight excluding hydrogens is 344 g/mol. The third-order valence-corrected chi connectivity index (χ3v) is 5.20. The first-order valence-electron chi connectivity index (χ1n) is 9.75. The van der Waals surface area contributed by atoms with Crippen molar-refractivity contribution in [2.24, 2.45) is 0 Å². The minimum absolute atomic E-state index is 0.143. The quantitative estimate of drug-likeness (QED) is 0.272. The summed E-state index contributed by atoms with van der Waals surface area (Å²) in [7, 11) is 0. The number of carbonyl (C=O) groups is 2. The molecule has 0 saturated carbocycles. The molecule has 2 nitrogen and oxygen atoms in total. The molecule has 4 rings (SSSR count). The lowest BCUT2D eigenvalue weighted by Crippen LogP contribution is -2.02. The first-order chi connectivity index (χ1) is 13.7. The maximum atomic E-state index is 12.5. The van der Waals surface area contributed by atoms with Crippen LogP contribution in [0.1, 0.15) is 46.4 Å². The van der Waals surface area contributed by atoms with Gasteiger partial charge in [-0.25, -0.2) is 0 Å². The Kier molecular flexibility index (Phi) is 5.29. The van der Waals surface area contributed by atoms with Gasteiger partial charge in [0, 0.05) is 24.0 Å². The minimum atomic E-state index is 0.143. The van der Waals surface area contributed by atoms with Gasteiger partial charge in [0.15, 0.2) is 11.6 Å². The third kappa shape index (κ3) is 4.01. The van der Waals surface area contributed by atoms with Crippen molar-refractivity contribution in [1.29, 1.82) is 0 Å². The number of fused-ring (bicyclic) bond motifs is 2. The number of rotatable bonds is 7. The van der Waals surface area contributed by atoms with Gasteiger partial charge in [0.05, 0.1) is 0 Å². The number of carbonyl (C=O) groups excluding carboxylic acids is 2. The number of benzene rings is 4. The van der Waals surface area contributed by atoms with Crippen molar-refractivity contribution < 1.29 is 9.59 Å². The van der Waals surface area contributed by atoms with E-state index >= 15 is 0 Å². The summed E-state index contributed by atoms with van der Waals surface area (Å²) < 4.78 is 0. The van der Waals surface area contributed by atoms with Gasteiger partial charge in [0.25, 0.3) is 0 Å². The topological polar surface area (TPSA) is 34.1 Å². The predicted octanol–water partition coefficient (Wildman–Crippen LogP) is 6.62. The van der Waals surface area contributed by atoms with Crippen LogP contribution in [0, 0.1) is 0 Å². The van der Waals surface area contributed by atoms with E-state index in [4.69, 9.17) is 0 Å².